The van der Waals surface area contributed by atoms with Gasteiger partial charge in [-0.3, -0.25) is 4.79 Å². The molecule has 4 nitrogen and oxygen atoms in total. The van der Waals surface area contributed by atoms with Gasteiger partial charge in [0.1, 0.15) is 0 Å². The zero-order chi connectivity index (χ0) is 19.0. The molecule has 27 heavy (non-hydrogen) atoms. The van der Waals surface area contributed by atoms with E-state index in [9.17, 15) is 4.79 Å². The largest absolute Gasteiger partial charge is 0.309 e. The van der Waals surface area contributed by atoms with Gasteiger partial charge >= 0.3 is 5.56 Å². The van der Waals surface area contributed by atoms with Crippen LogP contribution in [0.1, 0.15) is 70.4 Å². The SMILES string of the molecule is CCCCc1ccc2c3c1nc[n+]1ccc(=O)n(c31)CC2(CC)CCCC. The van der Waals surface area contributed by atoms with Gasteiger partial charge in [0.2, 0.25) is 12.0 Å². The van der Waals surface area contributed by atoms with Crippen LogP contribution in [0.15, 0.2) is 35.5 Å². The van der Waals surface area contributed by atoms with Crippen LogP contribution in [0, 0.1) is 0 Å². The van der Waals surface area contributed by atoms with Crippen LogP contribution >= 0.6 is 0 Å². The molecule has 4 heteroatoms. The van der Waals surface area contributed by atoms with Gasteiger partial charge in [0.15, 0.2) is 5.52 Å². The maximum Gasteiger partial charge on any atom is 0.309 e. The Labute approximate surface area is 160 Å². The molecule has 4 rings (SSSR count). The molecule has 1 aliphatic rings. The lowest BCUT2D eigenvalue weighted by Crippen LogP contribution is -2.44. The van der Waals surface area contributed by atoms with Crippen LogP contribution in [0.4, 0.5) is 0 Å². The van der Waals surface area contributed by atoms with Gasteiger partial charge in [-0.1, -0.05) is 52.2 Å². The van der Waals surface area contributed by atoms with Crippen molar-refractivity contribution >= 4 is 16.6 Å². The molecule has 142 valence electrons. The highest BCUT2D eigenvalue weighted by Crippen LogP contribution is 2.43. The molecule has 0 fully saturated rings. The van der Waals surface area contributed by atoms with Gasteiger partial charge in [0, 0.05) is 5.41 Å². The second kappa shape index (κ2) is 7.06. The minimum atomic E-state index is 0.0201. The molecule has 0 radical (unpaired) electrons. The monoisotopic (exact) mass is 364 g/mol. The summed E-state index contributed by atoms with van der Waals surface area (Å²) in [7, 11) is 0. The molecule has 0 bridgehead atoms. The van der Waals surface area contributed by atoms with E-state index < -0.39 is 0 Å². The van der Waals surface area contributed by atoms with Crippen molar-refractivity contribution in [2.24, 2.45) is 0 Å². The van der Waals surface area contributed by atoms with Crippen molar-refractivity contribution in [1.29, 1.82) is 0 Å². The Balaban J connectivity index is 2.09. The molecule has 3 heterocycles. The van der Waals surface area contributed by atoms with Crippen LogP contribution in [0.25, 0.3) is 16.6 Å². The lowest BCUT2D eigenvalue weighted by molar-refractivity contribution is -0.519. The van der Waals surface area contributed by atoms with Crippen LogP contribution in [-0.2, 0) is 18.4 Å². The Morgan fingerprint density at radius 1 is 1.15 bits per heavy atom. The fourth-order valence-corrected chi connectivity index (χ4v) is 4.79. The van der Waals surface area contributed by atoms with Crippen LogP contribution in [-0.4, -0.2) is 9.55 Å². The predicted octanol–water partition coefficient (Wildman–Crippen LogP) is 4.33. The predicted molar refractivity (Wildman–Crippen MR) is 109 cm³/mol. The highest BCUT2D eigenvalue weighted by molar-refractivity contribution is 5.96. The number of rotatable bonds is 7. The molecule has 1 unspecified atom stereocenters. The van der Waals surface area contributed by atoms with Crippen molar-refractivity contribution in [2.75, 3.05) is 0 Å². The first-order valence-electron chi connectivity index (χ1n) is 10.5. The highest BCUT2D eigenvalue weighted by Gasteiger charge is 2.40. The van der Waals surface area contributed by atoms with Crippen molar-refractivity contribution in [1.82, 2.24) is 9.55 Å². The Hall–Kier alpha value is -2.23. The maximum atomic E-state index is 12.8. The summed E-state index contributed by atoms with van der Waals surface area (Å²) in [6.07, 6.45) is 11.6. The van der Waals surface area contributed by atoms with E-state index in [1.807, 2.05) is 21.5 Å². The van der Waals surface area contributed by atoms with E-state index in [2.05, 4.69) is 32.9 Å². The van der Waals surface area contributed by atoms with E-state index in [1.54, 1.807) is 6.07 Å². The number of hydrogen-bond donors (Lipinski definition) is 0. The normalized spacial score (nSPS) is 18.6. The standard InChI is InChI=1S/C23H30N3O/c1-4-7-9-17-10-11-18-20-21(17)24-16-25-14-12-19(27)26(22(20)25)15-23(18,6-3)13-8-5-2/h10-12,14,16H,4-9,13,15H2,1-3H3/q+1. The molecule has 1 aromatic carbocycles. The van der Waals surface area contributed by atoms with Crippen LogP contribution < -0.4 is 9.96 Å². The Morgan fingerprint density at radius 2 is 1.96 bits per heavy atom. The lowest BCUT2D eigenvalue weighted by Gasteiger charge is -2.36. The molecule has 0 spiro atoms. The number of nitrogens with zero attached hydrogens (tertiary/aromatic N) is 3. The van der Waals surface area contributed by atoms with Gasteiger partial charge in [0.25, 0.3) is 0 Å². The summed E-state index contributed by atoms with van der Waals surface area (Å²) in [4.78, 5) is 17.7. The molecule has 3 aromatic rings. The zero-order valence-electron chi connectivity index (χ0n) is 16.8. The average molecular weight is 365 g/mol. The molecule has 0 aliphatic carbocycles. The van der Waals surface area contributed by atoms with Crippen molar-refractivity contribution in [3.63, 3.8) is 0 Å². The molecule has 2 aromatic heterocycles. The number of benzene rings is 1. The van der Waals surface area contributed by atoms with Gasteiger partial charge in [-0.05, 0) is 36.8 Å². The fraction of sp³-hybridized carbons (Fsp3) is 0.522. The van der Waals surface area contributed by atoms with Gasteiger partial charge in [0.05, 0.1) is 24.2 Å². The molecular formula is C23H30N3O+. The summed E-state index contributed by atoms with van der Waals surface area (Å²) < 4.78 is 4.02. The summed E-state index contributed by atoms with van der Waals surface area (Å²) in [5, 5.41) is 1.20. The topological polar surface area (TPSA) is 39.0 Å². The summed E-state index contributed by atoms with van der Waals surface area (Å²) in [6, 6.07) is 6.31. The first-order chi connectivity index (χ1) is 13.1. The molecule has 0 saturated carbocycles. The first-order valence-corrected chi connectivity index (χ1v) is 10.5. The molecule has 0 N–H and O–H groups in total. The van der Waals surface area contributed by atoms with Crippen molar-refractivity contribution < 1.29 is 4.40 Å². The average Bonchev–Trinajstić information content (AvgIpc) is 2.71. The molecule has 0 amide bonds. The Morgan fingerprint density at radius 3 is 2.70 bits per heavy atom. The van der Waals surface area contributed by atoms with Crippen LogP contribution in [0.2, 0.25) is 0 Å². The number of aryl methyl sites for hydroxylation is 1. The zero-order valence-corrected chi connectivity index (χ0v) is 16.8. The van der Waals surface area contributed by atoms with Gasteiger partial charge in [-0.25, -0.2) is 8.97 Å². The summed E-state index contributed by atoms with van der Waals surface area (Å²) in [6.45, 7) is 7.51. The van der Waals surface area contributed by atoms with Gasteiger partial charge in [-0.2, -0.15) is 0 Å². The smallest absolute Gasteiger partial charge is 0.251 e. The molecular weight excluding hydrogens is 334 g/mol. The van der Waals surface area contributed by atoms with Gasteiger partial charge < -0.3 is 0 Å². The highest BCUT2D eigenvalue weighted by atomic mass is 16.1. The third-order valence-electron chi connectivity index (χ3n) is 6.46. The lowest BCUT2D eigenvalue weighted by atomic mass is 9.71. The van der Waals surface area contributed by atoms with Crippen molar-refractivity contribution in [2.45, 2.75) is 77.7 Å². The number of aromatic nitrogens is 3. The third kappa shape index (κ3) is 2.77. The summed E-state index contributed by atoms with van der Waals surface area (Å²) in [5.41, 5.74) is 4.93. The number of unbranched alkanes of at least 4 members (excludes halogenated alkanes) is 2. The van der Waals surface area contributed by atoms with E-state index >= 15 is 0 Å². The second-order valence-corrected chi connectivity index (χ2v) is 8.05. The quantitative estimate of drug-likeness (QED) is 0.462. The Bertz CT molecular complexity index is 1050. The van der Waals surface area contributed by atoms with Gasteiger partial charge in [-0.15, -0.1) is 4.98 Å². The second-order valence-electron chi connectivity index (χ2n) is 8.05. The van der Waals surface area contributed by atoms with Crippen LogP contribution in [0.3, 0.4) is 0 Å². The summed E-state index contributed by atoms with van der Waals surface area (Å²) >= 11 is 0. The van der Waals surface area contributed by atoms with E-state index in [1.165, 1.54) is 35.8 Å². The molecule has 0 saturated heterocycles. The molecule has 1 aliphatic heterocycles. The minimum Gasteiger partial charge on any atom is -0.251 e. The first kappa shape index (κ1) is 18.1. The van der Waals surface area contributed by atoms with Crippen molar-refractivity contribution in [3.05, 3.63) is 52.2 Å². The Kier molecular flexibility index (Phi) is 4.75. The third-order valence-corrected chi connectivity index (χ3v) is 6.46. The van der Waals surface area contributed by atoms with Crippen molar-refractivity contribution in [3.8, 4) is 0 Å². The van der Waals surface area contributed by atoms with Crippen LogP contribution in [0.5, 0.6) is 0 Å². The maximum absolute atomic E-state index is 12.8. The minimum absolute atomic E-state index is 0.0201. The van der Waals surface area contributed by atoms with E-state index in [0.29, 0.717) is 0 Å². The summed E-state index contributed by atoms with van der Waals surface area (Å²) in [5.74, 6) is 0. The fourth-order valence-electron chi connectivity index (χ4n) is 4.79. The molecule has 1 atom stereocenters. The van der Waals surface area contributed by atoms with E-state index in [-0.39, 0.29) is 11.0 Å². The van der Waals surface area contributed by atoms with E-state index in [4.69, 9.17) is 4.98 Å². The number of hydrogen-bond acceptors (Lipinski definition) is 2. The van der Waals surface area contributed by atoms with E-state index in [0.717, 1.165) is 43.4 Å².